The summed E-state index contributed by atoms with van der Waals surface area (Å²) in [6.07, 6.45) is 6.58. The Morgan fingerprint density at radius 3 is 2.80 bits per heavy atom. The summed E-state index contributed by atoms with van der Waals surface area (Å²) in [5, 5.41) is 16.2. The minimum absolute atomic E-state index is 0.452. The predicted molar refractivity (Wildman–Crippen MR) is 99.5 cm³/mol. The molecule has 1 saturated carbocycles. The Morgan fingerprint density at radius 1 is 1.28 bits per heavy atom. The van der Waals surface area contributed by atoms with Crippen LogP contribution in [0.1, 0.15) is 43.7 Å². The molecule has 1 aromatic carbocycles. The van der Waals surface area contributed by atoms with Crippen molar-refractivity contribution in [2.45, 2.75) is 45.6 Å². The molecule has 1 fully saturated rings. The molecule has 0 aliphatic heterocycles. The van der Waals surface area contributed by atoms with E-state index in [1.54, 1.807) is 6.20 Å². The normalized spacial score (nSPS) is 20.5. The molecule has 3 aromatic rings. The van der Waals surface area contributed by atoms with Crippen LogP contribution in [0, 0.1) is 24.2 Å². The van der Waals surface area contributed by atoms with E-state index in [0.29, 0.717) is 17.3 Å². The number of rotatable bonds is 3. The number of hydrogen-bond donors (Lipinski definition) is 2. The standard InChI is InChI=1S/C20H23N5/c1-13-6-8-17(9-7-13)23-20-18(15-5-3-4-14(2)10-15)24-19-16(11-21)12-22-25(19)20/h3-5,10,12-13,17,22-23H,6-9H2,1-2H3. The maximum atomic E-state index is 9.35. The number of anilines is 1. The van der Waals surface area contributed by atoms with Gasteiger partial charge in [-0.25, -0.2) is 9.50 Å². The molecule has 0 unspecified atom stereocenters. The Hall–Kier alpha value is -2.74. The minimum Gasteiger partial charge on any atom is -0.365 e. The van der Waals surface area contributed by atoms with E-state index >= 15 is 0 Å². The van der Waals surface area contributed by atoms with Gasteiger partial charge in [-0.2, -0.15) is 5.26 Å². The minimum atomic E-state index is 0.452. The number of benzene rings is 1. The van der Waals surface area contributed by atoms with Crippen molar-refractivity contribution in [3.05, 3.63) is 41.6 Å². The van der Waals surface area contributed by atoms with Gasteiger partial charge in [-0.1, -0.05) is 30.7 Å². The molecule has 1 aliphatic carbocycles. The smallest absolute Gasteiger partial charge is 0.173 e. The molecule has 25 heavy (non-hydrogen) atoms. The van der Waals surface area contributed by atoms with Crippen LogP contribution >= 0.6 is 0 Å². The molecule has 2 heterocycles. The van der Waals surface area contributed by atoms with Gasteiger partial charge in [0.2, 0.25) is 0 Å². The molecular weight excluding hydrogens is 310 g/mol. The second-order valence-electron chi connectivity index (χ2n) is 7.24. The SMILES string of the molecule is Cc1cccc(-c2nc3c(C#N)c[nH]n3c2NC2CCC(C)CC2)c1. The summed E-state index contributed by atoms with van der Waals surface area (Å²) in [6, 6.07) is 11.0. The largest absolute Gasteiger partial charge is 0.365 e. The molecule has 0 saturated heterocycles. The van der Waals surface area contributed by atoms with Crippen LogP contribution in [0.15, 0.2) is 30.5 Å². The van der Waals surface area contributed by atoms with Crippen LogP contribution in [0.3, 0.4) is 0 Å². The zero-order chi connectivity index (χ0) is 17.4. The molecule has 0 radical (unpaired) electrons. The molecule has 0 atom stereocenters. The van der Waals surface area contributed by atoms with Crippen molar-refractivity contribution >= 4 is 11.5 Å². The van der Waals surface area contributed by atoms with Crippen molar-refractivity contribution in [3.63, 3.8) is 0 Å². The zero-order valence-electron chi connectivity index (χ0n) is 14.7. The summed E-state index contributed by atoms with van der Waals surface area (Å²) in [6.45, 7) is 4.41. The first kappa shape index (κ1) is 15.8. The maximum absolute atomic E-state index is 9.35. The lowest BCUT2D eigenvalue weighted by Gasteiger charge is -2.27. The number of H-pyrrole nitrogens is 1. The van der Waals surface area contributed by atoms with Gasteiger partial charge in [0.05, 0.1) is 0 Å². The summed E-state index contributed by atoms with van der Waals surface area (Å²) < 4.78 is 1.91. The van der Waals surface area contributed by atoms with Crippen molar-refractivity contribution in [3.8, 4) is 17.3 Å². The molecule has 1 aliphatic rings. The maximum Gasteiger partial charge on any atom is 0.173 e. The molecule has 0 spiro atoms. The van der Waals surface area contributed by atoms with Crippen molar-refractivity contribution in [2.24, 2.45) is 5.92 Å². The lowest BCUT2D eigenvalue weighted by atomic mass is 9.87. The average Bonchev–Trinajstić information content (AvgIpc) is 3.17. The van der Waals surface area contributed by atoms with Gasteiger partial charge in [0.1, 0.15) is 17.3 Å². The van der Waals surface area contributed by atoms with Gasteiger partial charge in [-0.15, -0.1) is 0 Å². The molecular formula is C20H23N5. The summed E-state index contributed by atoms with van der Waals surface area (Å²) in [7, 11) is 0. The van der Waals surface area contributed by atoms with E-state index in [4.69, 9.17) is 4.98 Å². The Morgan fingerprint density at radius 2 is 2.08 bits per heavy atom. The monoisotopic (exact) mass is 333 g/mol. The van der Waals surface area contributed by atoms with E-state index < -0.39 is 0 Å². The third-order valence-corrected chi connectivity index (χ3v) is 5.22. The Balaban J connectivity index is 1.78. The van der Waals surface area contributed by atoms with Gasteiger partial charge in [0, 0.05) is 17.8 Å². The van der Waals surface area contributed by atoms with Gasteiger partial charge in [-0.05, 0) is 44.6 Å². The molecule has 2 aromatic heterocycles. The fraction of sp³-hybridized carbons (Fsp3) is 0.400. The Labute approximate surface area is 147 Å². The quantitative estimate of drug-likeness (QED) is 0.741. The van der Waals surface area contributed by atoms with Gasteiger partial charge in [0.25, 0.3) is 0 Å². The van der Waals surface area contributed by atoms with Crippen molar-refractivity contribution in [1.29, 1.82) is 5.26 Å². The predicted octanol–water partition coefficient (Wildman–Crippen LogP) is 4.50. The van der Waals surface area contributed by atoms with Gasteiger partial charge >= 0.3 is 0 Å². The number of nitrogens with zero attached hydrogens (tertiary/aromatic N) is 3. The first-order valence-electron chi connectivity index (χ1n) is 8.99. The van der Waals surface area contributed by atoms with E-state index in [1.807, 2.05) is 4.52 Å². The van der Waals surface area contributed by atoms with Crippen molar-refractivity contribution < 1.29 is 0 Å². The van der Waals surface area contributed by atoms with Crippen molar-refractivity contribution in [1.82, 2.24) is 14.6 Å². The topological polar surface area (TPSA) is 68.9 Å². The lowest BCUT2D eigenvalue weighted by Crippen LogP contribution is -2.26. The highest BCUT2D eigenvalue weighted by molar-refractivity contribution is 5.78. The number of hydrogen-bond acceptors (Lipinski definition) is 3. The van der Waals surface area contributed by atoms with Crippen LogP contribution in [0.4, 0.5) is 5.82 Å². The van der Waals surface area contributed by atoms with Crippen LogP contribution in [0.2, 0.25) is 0 Å². The second kappa shape index (κ2) is 6.29. The summed E-state index contributed by atoms with van der Waals surface area (Å²) in [4.78, 5) is 4.78. The molecule has 5 heteroatoms. The highest BCUT2D eigenvalue weighted by Crippen LogP contribution is 2.33. The van der Waals surface area contributed by atoms with Crippen LogP contribution < -0.4 is 5.32 Å². The van der Waals surface area contributed by atoms with E-state index in [9.17, 15) is 5.26 Å². The first-order chi connectivity index (χ1) is 12.2. The van der Waals surface area contributed by atoms with Crippen LogP contribution in [0.5, 0.6) is 0 Å². The summed E-state index contributed by atoms with van der Waals surface area (Å²) in [5.41, 5.74) is 4.44. The van der Waals surface area contributed by atoms with Gasteiger partial charge < -0.3 is 5.32 Å². The van der Waals surface area contributed by atoms with Crippen molar-refractivity contribution in [2.75, 3.05) is 5.32 Å². The summed E-state index contributed by atoms with van der Waals surface area (Å²) in [5.74, 6) is 1.78. The average molecular weight is 333 g/mol. The van der Waals surface area contributed by atoms with E-state index in [2.05, 4.69) is 54.6 Å². The van der Waals surface area contributed by atoms with Gasteiger partial charge in [-0.3, -0.25) is 5.10 Å². The Bertz CT molecular complexity index is 935. The fourth-order valence-electron chi connectivity index (χ4n) is 3.73. The lowest BCUT2D eigenvalue weighted by molar-refractivity contribution is 0.360. The molecule has 5 nitrogen and oxygen atoms in total. The highest BCUT2D eigenvalue weighted by atomic mass is 15.3. The fourth-order valence-corrected chi connectivity index (χ4v) is 3.73. The van der Waals surface area contributed by atoms with E-state index in [-0.39, 0.29) is 0 Å². The second-order valence-corrected chi connectivity index (χ2v) is 7.24. The number of aromatic amines is 1. The third-order valence-electron chi connectivity index (χ3n) is 5.22. The van der Waals surface area contributed by atoms with Crippen LogP contribution in [-0.2, 0) is 0 Å². The van der Waals surface area contributed by atoms with Gasteiger partial charge in [0.15, 0.2) is 11.5 Å². The first-order valence-corrected chi connectivity index (χ1v) is 8.99. The molecule has 0 amide bonds. The van der Waals surface area contributed by atoms with Crippen LogP contribution in [0.25, 0.3) is 16.9 Å². The number of aromatic nitrogens is 3. The number of nitriles is 1. The molecule has 128 valence electrons. The number of fused-ring (bicyclic) bond motifs is 1. The third kappa shape index (κ3) is 2.89. The molecule has 2 N–H and O–H groups in total. The van der Waals surface area contributed by atoms with Crippen LogP contribution in [-0.4, -0.2) is 20.6 Å². The number of imidazole rings is 1. The number of nitrogens with one attached hydrogen (secondary N) is 2. The Kier molecular flexibility index (Phi) is 3.96. The number of aryl methyl sites for hydroxylation is 1. The molecule has 0 bridgehead atoms. The summed E-state index contributed by atoms with van der Waals surface area (Å²) >= 11 is 0. The highest BCUT2D eigenvalue weighted by Gasteiger charge is 2.23. The van der Waals surface area contributed by atoms with E-state index in [0.717, 1.165) is 23.0 Å². The molecule has 4 rings (SSSR count). The zero-order valence-corrected chi connectivity index (χ0v) is 14.7. The van der Waals surface area contributed by atoms with E-state index in [1.165, 1.54) is 31.2 Å².